The zero-order valence-corrected chi connectivity index (χ0v) is 18.5. The van der Waals surface area contributed by atoms with Crippen LogP contribution in [-0.4, -0.2) is 49.1 Å². The van der Waals surface area contributed by atoms with E-state index < -0.39 is 6.04 Å². The summed E-state index contributed by atoms with van der Waals surface area (Å²) in [5.41, 5.74) is 1.45. The largest absolute Gasteiger partial charge is 0.497 e. The van der Waals surface area contributed by atoms with Crippen LogP contribution in [0.3, 0.4) is 0 Å². The van der Waals surface area contributed by atoms with Gasteiger partial charge in [0.2, 0.25) is 0 Å². The maximum absolute atomic E-state index is 13.8. The summed E-state index contributed by atoms with van der Waals surface area (Å²) < 4.78 is 17.4. The Morgan fingerprint density at radius 2 is 1.84 bits per heavy atom. The first kappa shape index (κ1) is 20.6. The maximum Gasteiger partial charge on any atom is 0.290 e. The number of ketones is 1. The third-order valence-corrected chi connectivity index (χ3v) is 7.66. The topological polar surface area (TPSA) is 65.1 Å². The van der Waals surface area contributed by atoms with Crippen LogP contribution in [0.15, 0.2) is 35.6 Å². The number of hydrogen-bond donors (Lipinski definition) is 0. The number of amides is 1. The highest BCUT2D eigenvalue weighted by Gasteiger charge is 2.53. The van der Waals surface area contributed by atoms with Crippen molar-refractivity contribution in [2.24, 2.45) is 17.8 Å². The molecule has 0 bridgehead atoms. The van der Waals surface area contributed by atoms with Crippen molar-refractivity contribution in [3.05, 3.63) is 41.2 Å². The molecule has 31 heavy (non-hydrogen) atoms. The van der Waals surface area contributed by atoms with Gasteiger partial charge >= 0.3 is 0 Å². The lowest BCUT2D eigenvalue weighted by atomic mass is 9.70. The molecule has 1 aliphatic carbocycles. The summed E-state index contributed by atoms with van der Waals surface area (Å²) in [6, 6.07) is 7.22. The molecule has 6 atom stereocenters. The Morgan fingerprint density at radius 1 is 1.10 bits per heavy atom. The van der Waals surface area contributed by atoms with Crippen molar-refractivity contribution in [1.29, 1.82) is 0 Å². The number of hydrogen-bond acceptors (Lipinski definition) is 5. The highest BCUT2D eigenvalue weighted by Crippen LogP contribution is 2.48. The van der Waals surface area contributed by atoms with Crippen LogP contribution in [0.4, 0.5) is 0 Å². The van der Waals surface area contributed by atoms with Crippen molar-refractivity contribution in [3.8, 4) is 5.75 Å². The van der Waals surface area contributed by atoms with Gasteiger partial charge in [-0.1, -0.05) is 26.0 Å². The molecular formula is C25H31NO5. The molecule has 1 saturated heterocycles. The molecular weight excluding hydrogens is 394 g/mol. The van der Waals surface area contributed by atoms with E-state index in [2.05, 4.69) is 13.8 Å². The van der Waals surface area contributed by atoms with Crippen molar-refractivity contribution in [1.82, 2.24) is 4.90 Å². The first-order valence-corrected chi connectivity index (χ1v) is 11.5. The first-order valence-electron chi connectivity index (χ1n) is 11.5. The van der Waals surface area contributed by atoms with Crippen LogP contribution in [0.2, 0.25) is 0 Å². The van der Waals surface area contributed by atoms with Crippen LogP contribution in [0.25, 0.3) is 0 Å². The predicted octanol–water partition coefficient (Wildman–Crippen LogP) is 3.66. The Labute approximate surface area is 183 Å². The molecule has 166 valence electrons. The normalized spacial score (nSPS) is 35.1. The molecule has 3 heterocycles. The lowest BCUT2D eigenvalue weighted by molar-refractivity contribution is -0.138. The van der Waals surface area contributed by atoms with Crippen LogP contribution in [0.5, 0.6) is 5.75 Å². The van der Waals surface area contributed by atoms with E-state index >= 15 is 0 Å². The van der Waals surface area contributed by atoms with Crippen LogP contribution < -0.4 is 4.74 Å². The van der Waals surface area contributed by atoms with Gasteiger partial charge in [-0.15, -0.1) is 0 Å². The molecule has 3 aliphatic heterocycles. The van der Waals surface area contributed by atoms with E-state index in [9.17, 15) is 9.59 Å². The average Bonchev–Trinajstić information content (AvgIpc) is 3.38. The summed E-state index contributed by atoms with van der Waals surface area (Å²) in [6.45, 7) is 5.62. The number of benzene rings is 1. The fraction of sp³-hybridized carbons (Fsp3) is 0.600. The minimum atomic E-state index is -0.430. The highest BCUT2D eigenvalue weighted by molar-refractivity contribution is 6.11. The average molecular weight is 426 g/mol. The fourth-order valence-corrected chi connectivity index (χ4v) is 5.64. The molecule has 1 amide bonds. The monoisotopic (exact) mass is 425 g/mol. The minimum absolute atomic E-state index is 0.00322. The third-order valence-electron chi connectivity index (χ3n) is 7.66. The Kier molecular flexibility index (Phi) is 5.29. The van der Waals surface area contributed by atoms with E-state index in [1.165, 1.54) is 0 Å². The molecule has 6 unspecified atom stereocenters. The van der Waals surface area contributed by atoms with Gasteiger partial charge in [-0.05, 0) is 55.2 Å². The molecule has 1 saturated carbocycles. The van der Waals surface area contributed by atoms with Gasteiger partial charge in [0, 0.05) is 13.2 Å². The lowest BCUT2D eigenvalue weighted by Crippen LogP contribution is -2.43. The van der Waals surface area contributed by atoms with E-state index in [4.69, 9.17) is 14.2 Å². The molecule has 6 heteroatoms. The highest BCUT2D eigenvalue weighted by atomic mass is 16.5. The number of nitrogens with zero attached hydrogens (tertiary/aromatic N) is 1. The minimum Gasteiger partial charge on any atom is -0.497 e. The summed E-state index contributed by atoms with van der Waals surface area (Å²) in [7, 11) is 1.63. The van der Waals surface area contributed by atoms with E-state index in [0.717, 1.165) is 43.6 Å². The smallest absolute Gasteiger partial charge is 0.290 e. The van der Waals surface area contributed by atoms with Gasteiger partial charge in [-0.3, -0.25) is 9.59 Å². The van der Waals surface area contributed by atoms with Crippen molar-refractivity contribution >= 4 is 11.7 Å². The van der Waals surface area contributed by atoms with Crippen LogP contribution in [0.1, 0.15) is 51.1 Å². The molecule has 5 rings (SSSR count). The molecule has 0 radical (unpaired) electrons. The van der Waals surface area contributed by atoms with Crippen LogP contribution >= 0.6 is 0 Å². The van der Waals surface area contributed by atoms with Gasteiger partial charge in [-0.2, -0.15) is 0 Å². The van der Waals surface area contributed by atoms with Gasteiger partial charge in [0.1, 0.15) is 11.9 Å². The lowest BCUT2D eigenvalue weighted by Gasteiger charge is -2.40. The van der Waals surface area contributed by atoms with Crippen molar-refractivity contribution in [2.75, 3.05) is 20.3 Å². The van der Waals surface area contributed by atoms with E-state index in [1.54, 1.807) is 12.0 Å². The Morgan fingerprint density at radius 3 is 2.52 bits per heavy atom. The number of ether oxygens (including phenoxy) is 3. The molecule has 2 fully saturated rings. The second kappa shape index (κ2) is 7.97. The zero-order chi connectivity index (χ0) is 21.7. The molecule has 0 spiro atoms. The quantitative estimate of drug-likeness (QED) is 0.737. The molecule has 0 N–H and O–H groups in total. The zero-order valence-electron chi connectivity index (χ0n) is 18.5. The van der Waals surface area contributed by atoms with Crippen molar-refractivity contribution in [2.45, 2.75) is 57.8 Å². The standard InChI is InChI=1S/C25H31NO5/c1-14-11-19-20(12-15(14)2)31-24-21(23(19)27)22(16-6-8-17(29-3)9-7-16)26(25(24)28)13-18-5-4-10-30-18/h6-9,14-15,18-20,22H,4-5,10-13H2,1-3H3. The SMILES string of the molecule is COc1ccc(C2C3=C(OC4CC(C)C(C)CC4C3=O)C(=O)N2CC2CCCO2)cc1. The molecule has 0 aromatic heterocycles. The summed E-state index contributed by atoms with van der Waals surface area (Å²) in [6.07, 6.45) is 3.38. The van der Waals surface area contributed by atoms with E-state index in [-0.39, 0.29) is 35.6 Å². The van der Waals surface area contributed by atoms with Crippen molar-refractivity contribution in [3.63, 3.8) is 0 Å². The van der Waals surface area contributed by atoms with Crippen LogP contribution in [0, 0.1) is 17.8 Å². The fourth-order valence-electron chi connectivity index (χ4n) is 5.64. The van der Waals surface area contributed by atoms with Gasteiger partial charge in [0.25, 0.3) is 5.91 Å². The number of carbonyl (C=O) groups is 2. The summed E-state index contributed by atoms with van der Waals surface area (Å²) in [5, 5.41) is 0. The third kappa shape index (κ3) is 3.45. The Hall–Kier alpha value is -2.34. The summed E-state index contributed by atoms with van der Waals surface area (Å²) >= 11 is 0. The van der Waals surface area contributed by atoms with Crippen LogP contribution in [-0.2, 0) is 19.1 Å². The summed E-state index contributed by atoms with van der Waals surface area (Å²) in [5.74, 6) is 1.71. The van der Waals surface area contributed by atoms with E-state index in [0.29, 0.717) is 24.0 Å². The molecule has 6 nitrogen and oxygen atoms in total. The van der Waals surface area contributed by atoms with Gasteiger partial charge in [-0.25, -0.2) is 0 Å². The predicted molar refractivity (Wildman–Crippen MR) is 114 cm³/mol. The van der Waals surface area contributed by atoms with Gasteiger partial charge in [0.15, 0.2) is 11.5 Å². The second-order valence-electron chi connectivity index (χ2n) is 9.56. The number of Topliss-reactive ketones (excluding diaryl/α,β-unsaturated/α-hetero) is 1. The number of fused-ring (bicyclic) bond motifs is 1. The van der Waals surface area contributed by atoms with Gasteiger partial charge < -0.3 is 19.1 Å². The number of methoxy groups -OCH3 is 1. The second-order valence-corrected chi connectivity index (χ2v) is 9.56. The number of rotatable bonds is 4. The van der Waals surface area contributed by atoms with Crippen molar-refractivity contribution < 1.29 is 23.8 Å². The molecule has 1 aromatic rings. The number of carbonyl (C=O) groups excluding carboxylic acids is 2. The summed E-state index contributed by atoms with van der Waals surface area (Å²) in [4.78, 5) is 29.1. The Bertz CT molecular complexity index is 901. The Balaban J connectivity index is 1.53. The molecule has 1 aromatic carbocycles. The van der Waals surface area contributed by atoms with Gasteiger partial charge in [0.05, 0.1) is 30.7 Å². The molecule has 4 aliphatic rings. The van der Waals surface area contributed by atoms with E-state index in [1.807, 2.05) is 24.3 Å². The first-order chi connectivity index (χ1) is 15.0. The maximum atomic E-state index is 13.8.